The van der Waals surface area contributed by atoms with Gasteiger partial charge in [0.25, 0.3) is 0 Å². The minimum Gasteiger partial charge on any atom is -0.347 e. The van der Waals surface area contributed by atoms with Crippen LogP contribution in [0.4, 0.5) is 0 Å². The lowest BCUT2D eigenvalue weighted by molar-refractivity contribution is 0.112. The Hall–Kier alpha value is -1.09. The van der Waals surface area contributed by atoms with E-state index >= 15 is 0 Å². The Balaban J connectivity index is 3.03. The van der Waals surface area contributed by atoms with Gasteiger partial charge in [0, 0.05) is 33.7 Å². The number of hydrogen-bond acceptors (Lipinski definition) is 1. The molecular formula is C11H10BrNO. The number of fused-ring (bicyclic) bond motifs is 1. The Morgan fingerprint density at radius 2 is 2.14 bits per heavy atom. The molecule has 0 amide bonds. The quantitative estimate of drug-likeness (QED) is 0.715. The third-order valence-electron chi connectivity index (χ3n) is 2.63. The Labute approximate surface area is 90.7 Å². The lowest BCUT2D eigenvalue weighted by atomic mass is 10.1. The van der Waals surface area contributed by atoms with E-state index in [9.17, 15) is 4.79 Å². The van der Waals surface area contributed by atoms with E-state index in [1.807, 2.05) is 36.7 Å². The molecule has 0 radical (unpaired) electrons. The molecule has 2 nitrogen and oxygen atoms in total. The molecule has 0 atom stereocenters. The highest BCUT2D eigenvalue weighted by Gasteiger charge is 2.12. The molecular weight excluding hydrogens is 242 g/mol. The van der Waals surface area contributed by atoms with Gasteiger partial charge in [0.05, 0.1) is 0 Å². The molecule has 0 N–H and O–H groups in total. The fourth-order valence-electron chi connectivity index (χ4n) is 1.75. The van der Waals surface area contributed by atoms with Crippen LogP contribution in [-0.4, -0.2) is 10.9 Å². The second-order valence-electron chi connectivity index (χ2n) is 3.31. The largest absolute Gasteiger partial charge is 0.347 e. The molecule has 0 fully saturated rings. The second-order valence-corrected chi connectivity index (χ2v) is 4.16. The molecule has 3 heteroatoms. The SMILES string of the molecule is Cc1c(C=O)c2c(Br)cccc2n1C. The van der Waals surface area contributed by atoms with E-state index in [4.69, 9.17) is 0 Å². The van der Waals surface area contributed by atoms with Gasteiger partial charge in [-0.2, -0.15) is 0 Å². The number of hydrogen-bond donors (Lipinski definition) is 0. The minimum atomic E-state index is 0.773. The van der Waals surface area contributed by atoms with Crippen molar-refractivity contribution in [2.24, 2.45) is 7.05 Å². The maximum atomic E-state index is 11.0. The summed E-state index contributed by atoms with van der Waals surface area (Å²) in [6.07, 6.45) is 0.919. The molecule has 0 spiro atoms. The van der Waals surface area contributed by atoms with Crippen LogP contribution in [0.25, 0.3) is 10.9 Å². The van der Waals surface area contributed by atoms with Crippen molar-refractivity contribution < 1.29 is 4.79 Å². The third kappa shape index (κ3) is 1.12. The number of rotatable bonds is 1. The van der Waals surface area contributed by atoms with E-state index in [-0.39, 0.29) is 0 Å². The van der Waals surface area contributed by atoms with Gasteiger partial charge in [-0.1, -0.05) is 22.0 Å². The first-order valence-corrected chi connectivity index (χ1v) is 5.14. The monoisotopic (exact) mass is 251 g/mol. The minimum absolute atomic E-state index is 0.773. The van der Waals surface area contributed by atoms with Gasteiger partial charge in [-0.25, -0.2) is 0 Å². The van der Waals surface area contributed by atoms with Crippen LogP contribution >= 0.6 is 15.9 Å². The second kappa shape index (κ2) is 3.24. The van der Waals surface area contributed by atoms with Crippen molar-refractivity contribution in [3.63, 3.8) is 0 Å². The molecule has 14 heavy (non-hydrogen) atoms. The molecule has 2 aromatic rings. The molecule has 1 aromatic heterocycles. The molecule has 2 rings (SSSR count). The lowest BCUT2D eigenvalue weighted by Gasteiger charge is -1.97. The van der Waals surface area contributed by atoms with E-state index in [0.717, 1.165) is 32.9 Å². The van der Waals surface area contributed by atoms with Crippen LogP contribution in [0.2, 0.25) is 0 Å². The molecule has 0 aliphatic carbocycles. The summed E-state index contributed by atoms with van der Waals surface area (Å²) in [6.45, 7) is 1.95. The van der Waals surface area contributed by atoms with Gasteiger partial charge in [0.1, 0.15) is 0 Å². The van der Waals surface area contributed by atoms with E-state index in [0.29, 0.717) is 0 Å². The van der Waals surface area contributed by atoms with E-state index in [2.05, 4.69) is 15.9 Å². The molecule has 1 aromatic carbocycles. The van der Waals surface area contributed by atoms with E-state index in [1.165, 1.54) is 0 Å². The summed E-state index contributed by atoms with van der Waals surface area (Å²) < 4.78 is 3.00. The number of benzene rings is 1. The van der Waals surface area contributed by atoms with Crippen LogP contribution in [0.3, 0.4) is 0 Å². The van der Waals surface area contributed by atoms with Crippen LogP contribution < -0.4 is 0 Å². The number of aryl methyl sites for hydroxylation is 1. The van der Waals surface area contributed by atoms with Crippen molar-refractivity contribution in [3.05, 3.63) is 33.9 Å². The Kier molecular flexibility index (Phi) is 2.19. The average molecular weight is 252 g/mol. The van der Waals surface area contributed by atoms with E-state index < -0.39 is 0 Å². The van der Waals surface area contributed by atoms with Crippen LogP contribution in [0.5, 0.6) is 0 Å². The smallest absolute Gasteiger partial charge is 0.152 e. The van der Waals surface area contributed by atoms with Gasteiger partial charge in [0.2, 0.25) is 0 Å². The summed E-state index contributed by atoms with van der Waals surface area (Å²) in [7, 11) is 1.97. The van der Waals surface area contributed by atoms with Crippen molar-refractivity contribution in [2.75, 3.05) is 0 Å². The standard InChI is InChI=1S/C11H10BrNO/c1-7-8(6-14)11-9(12)4-3-5-10(11)13(7)2/h3-6H,1-2H3. The molecule has 0 aliphatic heterocycles. The molecule has 0 saturated heterocycles. The van der Waals surface area contributed by atoms with Crippen molar-refractivity contribution in [1.29, 1.82) is 0 Å². The van der Waals surface area contributed by atoms with Crippen molar-refractivity contribution in [2.45, 2.75) is 6.92 Å². The Bertz CT molecular complexity index is 513. The highest BCUT2D eigenvalue weighted by Crippen LogP contribution is 2.29. The number of carbonyl (C=O) groups is 1. The first kappa shape index (κ1) is 9.46. The number of aromatic nitrogens is 1. The number of aldehydes is 1. The Morgan fingerprint density at radius 3 is 2.79 bits per heavy atom. The van der Waals surface area contributed by atoms with Gasteiger partial charge in [0.15, 0.2) is 6.29 Å². The zero-order chi connectivity index (χ0) is 10.3. The highest BCUT2D eigenvalue weighted by atomic mass is 79.9. The summed E-state index contributed by atoms with van der Waals surface area (Å²) in [5, 5.41) is 1.00. The summed E-state index contributed by atoms with van der Waals surface area (Å²) in [4.78, 5) is 11.0. The van der Waals surface area contributed by atoms with Gasteiger partial charge in [-0.15, -0.1) is 0 Å². The normalized spacial score (nSPS) is 10.8. The summed E-state index contributed by atoms with van der Waals surface area (Å²) >= 11 is 3.46. The zero-order valence-corrected chi connectivity index (χ0v) is 9.63. The highest BCUT2D eigenvalue weighted by molar-refractivity contribution is 9.10. The Morgan fingerprint density at radius 1 is 1.43 bits per heavy atom. The van der Waals surface area contributed by atoms with Crippen LogP contribution in [0.1, 0.15) is 16.1 Å². The summed E-state index contributed by atoms with van der Waals surface area (Å²) in [6, 6.07) is 5.94. The number of halogens is 1. The fourth-order valence-corrected chi connectivity index (χ4v) is 2.31. The molecule has 0 aliphatic rings. The first-order chi connectivity index (χ1) is 6.66. The predicted molar refractivity (Wildman–Crippen MR) is 60.7 cm³/mol. The molecule has 0 unspecified atom stereocenters. The maximum Gasteiger partial charge on any atom is 0.152 e. The van der Waals surface area contributed by atoms with Crippen molar-refractivity contribution in [3.8, 4) is 0 Å². The van der Waals surface area contributed by atoms with Gasteiger partial charge in [-0.3, -0.25) is 4.79 Å². The fraction of sp³-hybridized carbons (Fsp3) is 0.182. The maximum absolute atomic E-state index is 11.0. The zero-order valence-electron chi connectivity index (χ0n) is 8.04. The number of carbonyl (C=O) groups excluding carboxylic acids is 1. The van der Waals surface area contributed by atoms with Crippen molar-refractivity contribution in [1.82, 2.24) is 4.57 Å². The summed E-state index contributed by atoms with van der Waals surface area (Å²) in [5.74, 6) is 0. The molecule has 72 valence electrons. The molecule has 1 heterocycles. The lowest BCUT2D eigenvalue weighted by Crippen LogP contribution is -1.91. The molecule has 0 saturated carbocycles. The summed E-state index contributed by atoms with van der Waals surface area (Å²) in [5.41, 5.74) is 2.86. The van der Waals surface area contributed by atoms with Gasteiger partial charge in [-0.05, 0) is 19.1 Å². The van der Waals surface area contributed by atoms with Crippen LogP contribution in [-0.2, 0) is 7.05 Å². The van der Waals surface area contributed by atoms with E-state index in [1.54, 1.807) is 0 Å². The molecule has 0 bridgehead atoms. The third-order valence-corrected chi connectivity index (χ3v) is 3.29. The van der Waals surface area contributed by atoms with Gasteiger partial charge < -0.3 is 4.57 Å². The first-order valence-electron chi connectivity index (χ1n) is 4.35. The van der Waals surface area contributed by atoms with Crippen molar-refractivity contribution >= 4 is 33.1 Å². The van der Waals surface area contributed by atoms with Gasteiger partial charge >= 0.3 is 0 Å². The van der Waals surface area contributed by atoms with Crippen LogP contribution in [0.15, 0.2) is 22.7 Å². The van der Waals surface area contributed by atoms with Crippen LogP contribution in [0, 0.1) is 6.92 Å². The number of nitrogens with zero attached hydrogens (tertiary/aromatic N) is 1. The predicted octanol–water partition coefficient (Wildman–Crippen LogP) is 3.06. The topological polar surface area (TPSA) is 22.0 Å². The average Bonchev–Trinajstić information content (AvgIpc) is 2.43.